The maximum absolute atomic E-state index is 12.7. The monoisotopic (exact) mass is 444 g/mol. The van der Waals surface area contributed by atoms with E-state index in [0.717, 1.165) is 25.7 Å². The number of carbonyl (C=O) groups is 2. The Hall–Kier alpha value is -2.98. The van der Waals surface area contributed by atoms with Crippen LogP contribution in [0.4, 0.5) is 4.79 Å². The van der Waals surface area contributed by atoms with E-state index >= 15 is 0 Å². The number of sulfonamides is 1. The molecule has 31 heavy (non-hydrogen) atoms. The van der Waals surface area contributed by atoms with Gasteiger partial charge < -0.3 is 9.64 Å². The maximum Gasteiger partial charge on any atom is 0.324 e. The zero-order valence-electron chi connectivity index (χ0n) is 16.9. The summed E-state index contributed by atoms with van der Waals surface area (Å²) in [6, 6.07) is 9.53. The zero-order chi connectivity index (χ0) is 21.8. The highest BCUT2D eigenvalue weighted by molar-refractivity contribution is 7.89. The van der Waals surface area contributed by atoms with E-state index in [2.05, 4.69) is 15.0 Å². The molecule has 0 atom stereocenters. The second-order valence-electron chi connectivity index (χ2n) is 7.69. The summed E-state index contributed by atoms with van der Waals surface area (Å²) < 4.78 is 33.9. The van der Waals surface area contributed by atoms with E-state index in [1.807, 2.05) is 0 Å². The fourth-order valence-corrected chi connectivity index (χ4v) is 4.69. The molecule has 1 saturated carbocycles. The molecule has 2 aliphatic rings. The molecule has 1 saturated heterocycles. The summed E-state index contributed by atoms with van der Waals surface area (Å²) in [6.45, 7) is 0.287. The second kappa shape index (κ2) is 9.03. The summed E-state index contributed by atoms with van der Waals surface area (Å²) in [6.07, 6.45) is 5.97. The van der Waals surface area contributed by atoms with Gasteiger partial charge in [-0.15, -0.1) is 0 Å². The van der Waals surface area contributed by atoms with Crippen molar-refractivity contribution in [2.24, 2.45) is 0 Å². The average molecular weight is 445 g/mol. The minimum absolute atomic E-state index is 0.00554. The number of hydrogen-bond acceptors (Lipinski definition) is 6. The molecule has 0 radical (unpaired) electrons. The van der Waals surface area contributed by atoms with E-state index in [1.165, 1.54) is 11.0 Å². The summed E-state index contributed by atoms with van der Waals surface area (Å²) in [5, 5.41) is 2.21. The average Bonchev–Trinajstić information content (AvgIpc) is 3.37. The molecule has 2 fully saturated rings. The van der Waals surface area contributed by atoms with Crippen LogP contribution in [-0.2, 0) is 27.9 Å². The van der Waals surface area contributed by atoms with E-state index in [9.17, 15) is 18.0 Å². The Kier molecular flexibility index (Phi) is 6.19. The lowest BCUT2D eigenvalue weighted by Gasteiger charge is -2.14. The lowest BCUT2D eigenvalue weighted by molar-refractivity contribution is -0.118. The van der Waals surface area contributed by atoms with Crippen LogP contribution >= 0.6 is 0 Å². The number of aromatic nitrogens is 1. The van der Waals surface area contributed by atoms with Crippen molar-refractivity contribution in [3.05, 3.63) is 53.9 Å². The third kappa shape index (κ3) is 5.39. The van der Waals surface area contributed by atoms with Gasteiger partial charge in [0, 0.05) is 18.8 Å². The number of hydrogen-bond donors (Lipinski definition) is 2. The van der Waals surface area contributed by atoms with E-state index in [-0.39, 0.29) is 36.5 Å². The quantitative estimate of drug-likeness (QED) is 0.601. The summed E-state index contributed by atoms with van der Waals surface area (Å²) in [5.41, 5.74) is 1.28. The van der Waals surface area contributed by atoms with Crippen molar-refractivity contribution in [1.29, 1.82) is 0 Å². The van der Waals surface area contributed by atoms with Crippen molar-refractivity contribution in [3.8, 4) is 5.75 Å². The maximum atomic E-state index is 12.7. The summed E-state index contributed by atoms with van der Waals surface area (Å²) in [7, 11) is -3.71. The molecular formula is C21H24N4O5S. The number of imide groups is 1. The number of pyridine rings is 1. The normalized spacial score (nSPS) is 17.2. The molecule has 2 N–H and O–H groups in total. The first kappa shape index (κ1) is 21.3. The zero-order valence-corrected chi connectivity index (χ0v) is 17.7. The number of ether oxygens (including phenoxy) is 1. The Morgan fingerprint density at radius 1 is 1.16 bits per heavy atom. The van der Waals surface area contributed by atoms with E-state index in [0.29, 0.717) is 17.0 Å². The van der Waals surface area contributed by atoms with E-state index < -0.39 is 16.1 Å². The Morgan fingerprint density at radius 2 is 1.97 bits per heavy atom. The van der Waals surface area contributed by atoms with Crippen molar-refractivity contribution < 1.29 is 22.7 Å². The molecule has 3 amide bonds. The molecule has 0 unspecified atom stereocenters. The molecule has 2 heterocycles. The van der Waals surface area contributed by atoms with Gasteiger partial charge in [-0.2, -0.15) is 0 Å². The van der Waals surface area contributed by atoms with Crippen LogP contribution in [0.1, 0.15) is 36.9 Å². The van der Waals surface area contributed by atoms with Crippen molar-refractivity contribution in [2.45, 2.75) is 49.8 Å². The van der Waals surface area contributed by atoms with Crippen LogP contribution in [-0.4, -0.2) is 42.9 Å². The molecule has 0 bridgehead atoms. The Morgan fingerprint density at radius 3 is 2.65 bits per heavy atom. The van der Waals surface area contributed by atoms with Gasteiger partial charge in [0.15, 0.2) is 0 Å². The predicted octanol–water partition coefficient (Wildman–Crippen LogP) is 1.93. The van der Waals surface area contributed by atoms with Gasteiger partial charge in [0.25, 0.3) is 0 Å². The molecule has 1 aliphatic carbocycles. The second-order valence-corrected chi connectivity index (χ2v) is 9.46. The van der Waals surface area contributed by atoms with Crippen LogP contribution in [0.5, 0.6) is 5.75 Å². The molecule has 1 aromatic heterocycles. The topological polar surface area (TPSA) is 118 Å². The molecule has 9 nitrogen and oxygen atoms in total. The molecule has 2 aromatic rings. The van der Waals surface area contributed by atoms with Gasteiger partial charge in [0.05, 0.1) is 23.2 Å². The van der Waals surface area contributed by atoms with Gasteiger partial charge in [-0.3, -0.25) is 15.1 Å². The molecule has 4 rings (SSSR count). The molecular weight excluding hydrogens is 420 g/mol. The molecule has 1 aliphatic heterocycles. The Bertz CT molecular complexity index is 1070. The first-order valence-electron chi connectivity index (χ1n) is 10.2. The third-order valence-corrected chi connectivity index (χ3v) is 6.69. The molecule has 1 aromatic carbocycles. The predicted molar refractivity (Wildman–Crippen MR) is 112 cm³/mol. The number of nitrogens with one attached hydrogen (secondary N) is 2. The number of amides is 3. The number of nitrogens with zero attached hydrogens (tertiary/aromatic N) is 2. The molecule has 0 spiro atoms. The summed E-state index contributed by atoms with van der Waals surface area (Å²) in [5.74, 6) is 0.221. The summed E-state index contributed by atoms with van der Waals surface area (Å²) in [4.78, 5) is 28.6. The minimum atomic E-state index is -3.71. The van der Waals surface area contributed by atoms with Gasteiger partial charge in [-0.1, -0.05) is 12.1 Å². The van der Waals surface area contributed by atoms with Crippen LogP contribution in [0.15, 0.2) is 47.5 Å². The SMILES string of the molecule is O=C1CN(Cc2ccc(CNS(=O)(=O)c3cccc(OC4CCCC4)c3)cn2)C(=O)N1. The lowest BCUT2D eigenvalue weighted by atomic mass is 10.2. The Balaban J connectivity index is 1.34. The summed E-state index contributed by atoms with van der Waals surface area (Å²) >= 11 is 0. The fraction of sp³-hybridized carbons (Fsp3) is 0.381. The van der Waals surface area contributed by atoms with Gasteiger partial charge in [0.2, 0.25) is 15.9 Å². The van der Waals surface area contributed by atoms with Gasteiger partial charge in [-0.25, -0.2) is 17.9 Å². The van der Waals surface area contributed by atoms with Gasteiger partial charge >= 0.3 is 6.03 Å². The standard InChI is InChI=1S/C21H24N4O5S/c26-20-14-25(21(27)24-20)13-16-9-8-15(11-22-16)12-23-31(28,29)19-7-3-6-18(10-19)30-17-4-1-2-5-17/h3,6-11,17,23H,1-2,4-5,12-14H2,(H,24,26,27). The van der Waals surface area contributed by atoms with Gasteiger partial charge in [0.1, 0.15) is 12.3 Å². The van der Waals surface area contributed by atoms with Crippen molar-refractivity contribution in [2.75, 3.05) is 6.54 Å². The third-order valence-electron chi connectivity index (χ3n) is 5.29. The van der Waals surface area contributed by atoms with E-state index in [1.54, 1.807) is 36.5 Å². The number of carbonyl (C=O) groups excluding carboxylic acids is 2. The first-order chi connectivity index (χ1) is 14.9. The van der Waals surface area contributed by atoms with E-state index in [4.69, 9.17) is 4.74 Å². The highest BCUT2D eigenvalue weighted by Gasteiger charge is 2.26. The van der Waals surface area contributed by atoms with Crippen molar-refractivity contribution >= 4 is 22.0 Å². The van der Waals surface area contributed by atoms with Crippen LogP contribution < -0.4 is 14.8 Å². The smallest absolute Gasteiger partial charge is 0.324 e. The van der Waals surface area contributed by atoms with Crippen molar-refractivity contribution in [3.63, 3.8) is 0 Å². The highest BCUT2D eigenvalue weighted by atomic mass is 32.2. The highest BCUT2D eigenvalue weighted by Crippen LogP contribution is 2.25. The van der Waals surface area contributed by atoms with Crippen LogP contribution in [0.25, 0.3) is 0 Å². The number of benzene rings is 1. The Labute approximate surface area is 180 Å². The lowest BCUT2D eigenvalue weighted by Crippen LogP contribution is -2.28. The van der Waals surface area contributed by atoms with Crippen LogP contribution in [0.3, 0.4) is 0 Å². The fourth-order valence-electron chi connectivity index (χ4n) is 3.63. The van der Waals surface area contributed by atoms with Crippen LogP contribution in [0.2, 0.25) is 0 Å². The number of rotatable bonds is 8. The van der Waals surface area contributed by atoms with Crippen LogP contribution in [0, 0.1) is 0 Å². The van der Waals surface area contributed by atoms with Gasteiger partial charge in [-0.05, 0) is 49.4 Å². The largest absolute Gasteiger partial charge is 0.490 e. The molecule has 10 heteroatoms. The minimum Gasteiger partial charge on any atom is -0.490 e. The van der Waals surface area contributed by atoms with Crippen molar-refractivity contribution in [1.82, 2.24) is 19.9 Å². The molecule has 164 valence electrons. The first-order valence-corrected chi connectivity index (χ1v) is 11.7. The number of urea groups is 1.